The van der Waals surface area contributed by atoms with E-state index in [-0.39, 0.29) is 18.6 Å². The van der Waals surface area contributed by atoms with E-state index in [0.717, 1.165) is 76.2 Å². The molecule has 10 heteroatoms. The first-order chi connectivity index (χ1) is 18.5. The van der Waals surface area contributed by atoms with Gasteiger partial charge in [-0.25, -0.2) is 9.80 Å². The van der Waals surface area contributed by atoms with Crippen LogP contribution in [0.4, 0.5) is 4.79 Å². The molecule has 210 valence electrons. The largest absolute Gasteiger partial charge is 0.439 e. The van der Waals surface area contributed by atoms with Gasteiger partial charge in [-0.3, -0.25) is 14.7 Å². The number of nitrogens with zero attached hydrogens (tertiary/aromatic N) is 5. The van der Waals surface area contributed by atoms with Crippen LogP contribution in [0, 0.1) is 0 Å². The SMILES string of the molecule is CN=C(NN(C)C1CCCN(C(=O)OCC(=O)N2CCCN(C3CCOCC3)CC2)CC1)c1ccccc1. The van der Waals surface area contributed by atoms with Crippen molar-refractivity contribution >= 4 is 17.8 Å². The smallest absolute Gasteiger partial charge is 0.410 e. The number of rotatable bonds is 6. The quantitative estimate of drug-likeness (QED) is 0.344. The lowest BCUT2D eigenvalue weighted by atomic mass is 10.1. The molecule has 0 saturated carbocycles. The number of amides is 2. The van der Waals surface area contributed by atoms with Gasteiger partial charge in [0.2, 0.25) is 0 Å². The Kier molecular flexibility index (Phi) is 10.8. The van der Waals surface area contributed by atoms with Gasteiger partial charge in [0.15, 0.2) is 6.61 Å². The lowest BCUT2D eigenvalue weighted by molar-refractivity contribution is -0.134. The third-order valence-corrected chi connectivity index (χ3v) is 7.97. The molecule has 1 unspecified atom stereocenters. The van der Waals surface area contributed by atoms with Gasteiger partial charge < -0.3 is 24.7 Å². The number of hydrazine groups is 1. The van der Waals surface area contributed by atoms with E-state index in [1.54, 1.807) is 11.9 Å². The second-order valence-electron chi connectivity index (χ2n) is 10.4. The summed E-state index contributed by atoms with van der Waals surface area (Å²) in [4.78, 5) is 36.2. The minimum absolute atomic E-state index is 0.101. The lowest BCUT2D eigenvalue weighted by Crippen LogP contribution is -2.46. The molecule has 3 heterocycles. The molecular weight excluding hydrogens is 484 g/mol. The van der Waals surface area contributed by atoms with Crippen LogP contribution in [-0.2, 0) is 14.3 Å². The van der Waals surface area contributed by atoms with Crippen molar-refractivity contribution in [1.29, 1.82) is 0 Å². The minimum atomic E-state index is -0.395. The highest BCUT2D eigenvalue weighted by atomic mass is 16.6. The van der Waals surface area contributed by atoms with Gasteiger partial charge in [0.25, 0.3) is 5.91 Å². The first kappa shape index (κ1) is 28.3. The molecule has 1 N–H and O–H groups in total. The van der Waals surface area contributed by atoms with Gasteiger partial charge in [-0.05, 0) is 38.5 Å². The molecule has 3 saturated heterocycles. The molecule has 0 aromatic heterocycles. The maximum absolute atomic E-state index is 12.8. The normalized spacial score (nSPS) is 22.6. The topological polar surface area (TPSA) is 90.0 Å². The van der Waals surface area contributed by atoms with Crippen LogP contribution in [0.15, 0.2) is 35.3 Å². The average molecular weight is 529 g/mol. The Morgan fingerprint density at radius 1 is 0.974 bits per heavy atom. The number of hydrogen-bond donors (Lipinski definition) is 1. The molecule has 38 heavy (non-hydrogen) atoms. The molecule has 0 aliphatic carbocycles. The first-order valence-corrected chi connectivity index (χ1v) is 14.1. The van der Waals surface area contributed by atoms with Crippen LogP contribution in [0.5, 0.6) is 0 Å². The highest BCUT2D eigenvalue weighted by molar-refractivity contribution is 5.98. The number of benzene rings is 1. The Morgan fingerprint density at radius 2 is 1.74 bits per heavy atom. The van der Waals surface area contributed by atoms with Crippen molar-refractivity contribution in [2.75, 3.05) is 73.2 Å². The van der Waals surface area contributed by atoms with Crippen LogP contribution >= 0.6 is 0 Å². The predicted molar refractivity (Wildman–Crippen MR) is 147 cm³/mol. The summed E-state index contributed by atoms with van der Waals surface area (Å²) < 4.78 is 11.0. The lowest BCUT2D eigenvalue weighted by Gasteiger charge is -2.33. The van der Waals surface area contributed by atoms with Crippen molar-refractivity contribution in [3.63, 3.8) is 0 Å². The van der Waals surface area contributed by atoms with Crippen molar-refractivity contribution in [2.24, 2.45) is 4.99 Å². The summed E-state index contributed by atoms with van der Waals surface area (Å²) in [6.45, 7) is 5.96. The van der Waals surface area contributed by atoms with Crippen LogP contribution in [-0.4, -0.2) is 123 Å². The second kappa shape index (κ2) is 14.5. The number of carbonyl (C=O) groups is 2. The molecule has 0 spiro atoms. The van der Waals surface area contributed by atoms with Crippen molar-refractivity contribution in [3.05, 3.63) is 35.9 Å². The van der Waals surface area contributed by atoms with Crippen molar-refractivity contribution in [1.82, 2.24) is 25.1 Å². The van der Waals surface area contributed by atoms with Crippen molar-refractivity contribution in [3.8, 4) is 0 Å². The zero-order valence-corrected chi connectivity index (χ0v) is 23.0. The highest BCUT2D eigenvalue weighted by Crippen LogP contribution is 2.18. The van der Waals surface area contributed by atoms with Crippen molar-refractivity contribution in [2.45, 2.75) is 50.6 Å². The fourth-order valence-electron chi connectivity index (χ4n) is 5.65. The number of amidine groups is 1. The van der Waals surface area contributed by atoms with Gasteiger partial charge in [0.1, 0.15) is 5.84 Å². The summed E-state index contributed by atoms with van der Waals surface area (Å²) in [5, 5.41) is 2.09. The van der Waals surface area contributed by atoms with Gasteiger partial charge in [-0.15, -0.1) is 0 Å². The number of likely N-dealkylation sites (tertiary alicyclic amines) is 1. The van der Waals surface area contributed by atoms with Crippen LogP contribution in [0.1, 0.15) is 44.1 Å². The summed E-state index contributed by atoms with van der Waals surface area (Å²) >= 11 is 0. The van der Waals surface area contributed by atoms with Gasteiger partial charge in [0, 0.05) is 84.2 Å². The van der Waals surface area contributed by atoms with Gasteiger partial charge in [0.05, 0.1) is 0 Å². The number of ether oxygens (including phenoxy) is 2. The van der Waals surface area contributed by atoms with Gasteiger partial charge in [-0.1, -0.05) is 30.3 Å². The summed E-state index contributed by atoms with van der Waals surface area (Å²) in [7, 11) is 3.80. The number of hydrogen-bond acceptors (Lipinski definition) is 7. The molecule has 2 amide bonds. The highest BCUT2D eigenvalue weighted by Gasteiger charge is 2.28. The summed E-state index contributed by atoms with van der Waals surface area (Å²) in [6.07, 6.45) is 5.32. The first-order valence-electron chi connectivity index (χ1n) is 14.1. The number of carbonyl (C=O) groups excluding carboxylic acids is 2. The number of nitrogens with one attached hydrogen (secondary N) is 1. The van der Waals surface area contributed by atoms with E-state index in [4.69, 9.17) is 9.47 Å². The van der Waals surface area contributed by atoms with E-state index in [1.165, 1.54) is 0 Å². The molecular formula is C28H44N6O4. The zero-order chi connectivity index (χ0) is 26.7. The zero-order valence-electron chi connectivity index (χ0n) is 23.0. The third kappa shape index (κ3) is 7.91. The maximum atomic E-state index is 12.8. The van der Waals surface area contributed by atoms with E-state index in [2.05, 4.69) is 20.3 Å². The van der Waals surface area contributed by atoms with Gasteiger partial charge in [-0.2, -0.15) is 0 Å². The fraction of sp³-hybridized carbons (Fsp3) is 0.679. The minimum Gasteiger partial charge on any atom is -0.439 e. The fourth-order valence-corrected chi connectivity index (χ4v) is 5.65. The van der Waals surface area contributed by atoms with Crippen LogP contribution in [0.3, 0.4) is 0 Å². The standard InChI is InChI=1S/C28H44N6O4/c1-29-27(23-8-4-3-5-9-23)30-31(2)24-10-6-14-34(17-11-24)28(36)38-22-26(35)33-16-7-15-32(18-19-33)25-12-20-37-21-13-25/h3-5,8-9,24-25H,6-7,10-22H2,1-2H3,(H,29,30). The van der Waals surface area contributed by atoms with E-state index >= 15 is 0 Å². The predicted octanol–water partition coefficient (Wildman–Crippen LogP) is 2.20. The Labute approximate surface area is 226 Å². The molecule has 4 rings (SSSR count). The molecule has 3 aliphatic rings. The summed E-state index contributed by atoms with van der Waals surface area (Å²) in [6, 6.07) is 10.9. The Morgan fingerprint density at radius 3 is 2.50 bits per heavy atom. The van der Waals surface area contributed by atoms with E-state index in [0.29, 0.717) is 32.2 Å². The van der Waals surface area contributed by atoms with Crippen LogP contribution in [0.25, 0.3) is 0 Å². The molecule has 0 bridgehead atoms. The van der Waals surface area contributed by atoms with Gasteiger partial charge >= 0.3 is 6.09 Å². The molecule has 0 radical (unpaired) electrons. The van der Waals surface area contributed by atoms with E-state index in [1.807, 2.05) is 42.3 Å². The molecule has 1 aromatic rings. The molecule has 3 aliphatic heterocycles. The van der Waals surface area contributed by atoms with E-state index in [9.17, 15) is 9.59 Å². The molecule has 1 atom stereocenters. The van der Waals surface area contributed by atoms with Crippen LogP contribution < -0.4 is 5.43 Å². The Balaban J connectivity index is 1.19. The number of aliphatic imine (C=N–C) groups is 1. The maximum Gasteiger partial charge on any atom is 0.410 e. The molecule has 10 nitrogen and oxygen atoms in total. The monoisotopic (exact) mass is 528 g/mol. The third-order valence-electron chi connectivity index (χ3n) is 7.97. The average Bonchev–Trinajstić information content (AvgIpc) is 3.37. The Hall–Kier alpha value is -2.69. The van der Waals surface area contributed by atoms with E-state index < -0.39 is 6.09 Å². The molecule has 3 fully saturated rings. The van der Waals surface area contributed by atoms with Crippen molar-refractivity contribution < 1.29 is 19.1 Å². The second-order valence-corrected chi connectivity index (χ2v) is 10.4. The molecule has 1 aromatic carbocycles. The van der Waals surface area contributed by atoms with Crippen LogP contribution in [0.2, 0.25) is 0 Å². The Bertz CT molecular complexity index is 923. The summed E-state index contributed by atoms with van der Waals surface area (Å²) in [5.74, 6) is 0.715. The summed E-state index contributed by atoms with van der Waals surface area (Å²) in [5.41, 5.74) is 4.45.